The molecule has 10 heteroatoms. The van der Waals surface area contributed by atoms with E-state index in [0.29, 0.717) is 49.2 Å². The number of sulfone groups is 1. The SMILES string of the molecule is C=C(C)[C@@H]1CC[C@]2(NCC([C@@H](C)O)N3CCS(=O)(=O)CC3)CC[C@]3(C)[C@H](CC[C@@H]4[C@@]5(C)CC[C@H](OC(=O)CC(C)(C)CC(=O)O)C(C)(C)[C@@H]5CC[C@]43C)[C@@H]12. The highest BCUT2D eigenvalue weighted by Crippen LogP contribution is 2.76. The van der Waals surface area contributed by atoms with E-state index in [4.69, 9.17) is 4.74 Å². The van der Waals surface area contributed by atoms with Crippen LogP contribution in [-0.4, -0.2) is 90.4 Å². The molecule has 1 heterocycles. The number of allylic oxidation sites excluding steroid dienone is 1. The Bertz CT molecular complexity index is 1560. The van der Waals surface area contributed by atoms with E-state index in [1.54, 1.807) is 0 Å². The number of fused-ring (bicyclic) bond motifs is 7. The number of nitrogens with one attached hydrogen (secondary N) is 1. The third-order valence-corrected chi connectivity index (χ3v) is 19.2. The number of esters is 1. The number of aliphatic hydroxyl groups excluding tert-OH is 1. The number of hydrogen-bond donors (Lipinski definition) is 3. The van der Waals surface area contributed by atoms with E-state index in [1.807, 2.05) is 20.8 Å². The Hall–Kier alpha value is -1.49. The number of carbonyl (C=O) groups excluding carboxylic acids is 1. The molecule has 0 amide bonds. The van der Waals surface area contributed by atoms with Gasteiger partial charge in [0, 0.05) is 36.6 Å². The summed E-state index contributed by atoms with van der Waals surface area (Å²) in [4.78, 5) is 26.9. The Balaban J connectivity index is 1.22. The molecule has 9 nitrogen and oxygen atoms in total. The number of carboxylic acid groups (broad SMARTS) is 1. The first-order chi connectivity index (χ1) is 24.9. The van der Waals surface area contributed by atoms with Crippen molar-refractivity contribution in [3.63, 3.8) is 0 Å². The standard InChI is InChI=1S/C44H74N2O7S/c1-28(2)30-13-18-44(45-27-32(29(3)47)46-21-23-54(51,52)24-22-46)20-19-42(9)31(38(30)44)11-12-34-41(8)16-15-35(40(6,7)33(41)14-17-43(34,42)10)53-37(50)26-39(4,5)25-36(48)49/h29-35,38,45,47H,1,11-27H2,2-10H3,(H,48,49)/t29-,30+,31-,32?,33+,34-,35+,38-,41+,42-,43-,44+/m1/s1. The summed E-state index contributed by atoms with van der Waals surface area (Å²) in [5, 5.41) is 24.5. The number of carbonyl (C=O) groups is 2. The van der Waals surface area contributed by atoms with Gasteiger partial charge in [-0.3, -0.25) is 14.5 Å². The zero-order valence-electron chi connectivity index (χ0n) is 35.1. The van der Waals surface area contributed by atoms with Crippen molar-refractivity contribution in [2.24, 2.45) is 56.7 Å². The molecule has 3 N–H and O–H groups in total. The Morgan fingerprint density at radius 3 is 2.19 bits per heavy atom. The highest BCUT2D eigenvalue weighted by Gasteiger charge is 2.71. The molecule has 0 bridgehead atoms. The first-order valence-corrected chi connectivity index (χ1v) is 23.2. The zero-order chi connectivity index (χ0) is 39.9. The maximum absolute atomic E-state index is 13.3. The van der Waals surface area contributed by atoms with Crippen LogP contribution in [0.3, 0.4) is 0 Å². The highest BCUT2D eigenvalue weighted by atomic mass is 32.2. The van der Waals surface area contributed by atoms with Crippen LogP contribution in [0.1, 0.15) is 139 Å². The summed E-state index contributed by atoms with van der Waals surface area (Å²) >= 11 is 0. The van der Waals surface area contributed by atoms with Crippen molar-refractivity contribution in [2.45, 2.75) is 163 Å². The number of aliphatic carboxylic acids is 1. The molecule has 0 radical (unpaired) electrons. The van der Waals surface area contributed by atoms with Crippen molar-refractivity contribution in [1.29, 1.82) is 0 Å². The van der Waals surface area contributed by atoms with Gasteiger partial charge in [0.25, 0.3) is 0 Å². The summed E-state index contributed by atoms with van der Waals surface area (Å²) in [6, 6.07) is -0.120. The lowest BCUT2D eigenvalue weighted by Gasteiger charge is -2.73. The minimum atomic E-state index is -3.00. The average molecular weight is 775 g/mol. The molecule has 5 aliphatic carbocycles. The van der Waals surface area contributed by atoms with Crippen LogP contribution in [0.5, 0.6) is 0 Å². The number of hydrogen-bond acceptors (Lipinski definition) is 8. The lowest BCUT2D eigenvalue weighted by Crippen LogP contribution is -2.69. The van der Waals surface area contributed by atoms with Gasteiger partial charge < -0.3 is 20.3 Å². The molecule has 1 saturated heterocycles. The third-order valence-electron chi connectivity index (χ3n) is 17.6. The van der Waals surface area contributed by atoms with Gasteiger partial charge in [0.1, 0.15) is 6.10 Å². The van der Waals surface area contributed by atoms with Crippen molar-refractivity contribution in [3.8, 4) is 0 Å². The van der Waals surface area contributed by atoms with Gasteiger partial charge in [-0.05, 0) is 129 Å². The Morgan fingerprint density at radius 1 is 0.907 bits per heavy atom. The molecule has 54 heavy (non-hydrogen) atoms. The van der Waals surface area contributed by atoms with Gasteiger partial charge in [-0.15, -0.1) is 0 Å². The fourth-order valence-electron chi connectivity index (χ4n) is 14.7. The smallest absolute Gasteiger partial charge is 0.306 e. The molecule has 0 aromatic rings. The van der Waals surface area contributed by atoms with E-state index in [-0.39, 0.29) is 69.7 Å². The van der Waals surface area contributed by atoms with Crippen molar-refractivity contribution in [3.05, 3.63) is 12.2 Å². The van der Waals surface area contributed by atoms with Gasteiger partial charge in [-0.2, -0.15) is 0 Å². The number of nitrogens with zero attached hydrogens (tertiary/aromatic N) is 1. The first-order valence-electron chi connectivity index (χ1n) is 21.4. The molecule has 6 aliphatic rings. The molecule has 308 valence electrons. The zero-order valence-corrected chi connectivity index (χ0v) is 36.0. The van der Waals surface area contributed by atoms with Crippen LogP contribution >= 0.6 is 0 Å². The Morgan fingerprint density at radius 2 is 1.57 bits per heavy atom. The second-order valence-electron chi connectivity index (χ2n) is 21.5. The van der Waals surface area contributed by atoms with Crippen molar-refractivity contribution >= 4 is 21.8 Å². The summed E-state index contributed by atoms with van der Waals surface area (Å²) < 4.78 is 30.8. The predicted molar refractivity (Wildman–Crippen MR) is 213 cm³/mol. The van der Waals surface area contributed by atoms with Crippen LogP contribution < -0.4 is 5.32 Å². The molecule has 0 aromatic carbocycles. The molecule has 0 spiro atoms. The monoisotopic (exact) mass is 775 g/mol. The van der Waals surface area contributed by atoms with E-state index in [2.05, 4.69) is 58.3 Å². The molecule has 5 saturated carbocycles. The quantitative estimate of drug-likeness (QED) is 0.147. The molecule has 12 atom stereocenters. The second-order valence-corrected chi connectivity index (χ2v) is 23.8. The molecule has 0 aromatic heterocycles. The fourth-order valence-corrected chi connectivity index (χ4v) is 15.9. The molecule has 1 aliphatic heterocycles. The number of rotatable bonds is 11. The van der Waals surface area contributed by atoms with Crippen molar-refractivity contribution in [1.82, 2.24) is 10.2 Å². The van der Waals surface area contributed by atoms with E-state index < -0.39 is 27.3 Å². The summed E-state index contributed by atoms with van der Waals surface area (Å²) in [7, 11) is -3.00. The lowest BCUT2D eigenvalue weighted by atomic mass is 9.32. The van der Waals surface area contributed by atoms with Crippen LogP contribution in [0, 0.1) is 56.7 Å². The number of aliphatic hydroxyl groups is 1. The predicted octanol–water partition coefficient (Wildman–Crippen LogP) is 7.27. The van der Waals surface area contributed by atoms with Gasteiger partial charge in [-0.25, -0.2) is 8.42 Å². The molecule has 1 unspecified atom stereocenters. The van der Waals surface area contributed by atoms with E-state index in [9.17, 15) is 28.2 Å². The summed E-state index contributed by atoms with van der Waals surface area (Å²) in [5.74, 6) is 1.68. The molecular formula is C44H74N2O7S. The summed E-state index contributed by atoms with van der Waals surface area (Å²) in [5.41, 5.74) is 0.937. The maximum Gasteiger partial charge on any atom is 0.306 e. The number of carboxylic acids is 1. The van der Waals surface area contributed by atoms with Gasteiger partial charge in [-0.1, -0.05) is 60.6 Å². The van der Waals surface area contributed by atoms with Gasteiger partial charge in [0.15, 0.2) is 9.84 Å². The molecular weight excluding hydrogens is 701 g/mol. The lowest BCUT2D eigenvalue weighted by molar-refractivity contribution is -0.246. The topological polar surface area (TPSA) is 133 Å². The Labute approximate surface area is 327 Å². The average Bonchev–Trinajstić information content (AvgIpc) is 3.42. The maximum atomic E-state index is 13.3. The van der Waals surface area contributed by atoms with Crippen LogP contribution in [0.2, 0.25) is 0 Å². The van der Waals surface area contributed by atoms with Crippen molar-refractivity contribution in [2.75, 3.05) is 31.1 Å². The highest BCUT2D eigenvalue weighted by molar-refractivity contribution is 7.91. The van der Waals surface area contributed by atoms with E-state index in [1.165, 1.54) is 31.3 Å². The van der Waals surface area contributed by atoms with Crippen molar-refractivity contribution < 1.29 is 33.0 Å². The minimum Gasteiger partial charge on any atom is -0.481 e. The van der Waals surface area contributed by atoms with E-state index >= 15 is 0 Å². The normalized spacial score (nSPS) is 42.7. The molecule has 6 fully saturated rings. The molecule has 6 rings (SSSR count). The van der Waals surface area contributed by atoms with E-state index in [0.717, 1.165) is 38.5 Å². The van der Waals surface area contributed by atoms with Gasteiger partial charge in [0.2, 0.25) is 0 Å². The summed E-state index contributed by atoms with van der Waals surface area (Å²) in [6.07, 6.45) is 10.5. The van der Waals surface area contributed by atoms with Crippen LogP contribution in [0.25, 0.3) is 0 Å². The van der Waals surface area contributed by atoms with Gasteiger partial charge >= 0.3 is 11.9 Å². The Kier molecular flexibility index (Phi) is 11.2. The first kappa shape index (κ1) is 42.1. The van der Waals surface area contributed by atoms with Gasteiger partial charge in [0.05, 0.1) is 30.5 Å². The van der Waals surface area contributed by atoms with Crippen LogP contribution in [0.15, 0.2) is 12.2 Å². The third kappa shape index (κ3) is 7.16. The van der Waals surface area contributed by atoms with Crippen LogP contribution in [0.4, 0.5) is 0 Å². The minimum absolute atomic E-state index is 0.0178. The second kappa shape index (κ2) is 14.4. The number of ether oxygens (including phenoxy) is 1. The summed E-state index contributed by atoms with van der Waals surface area (Å²) in [6.45, 7) is 26.5. The largest absolute Gasteiger partial charge is 0.481 e. The fraction of sp³-hybridized carbons (Fsp3) is 0.909. The van der Waals surface area contributed by atoms with Crippen LogP contribution in [-0.2, 0) is 24.2 Å².